The van der Waals surface area contributed by atoms with Crippen molar-refractivity contribution in [1.82, 2.24) is 5.32 Å². The van der Waals surface area contributed by atoms with Crippen LogP contribution < -0.4 is 20.5 Å². The molecule has 7 nitrogen and oxygen atoms in total. The lowest BCUT2D eigenvalue weighted by atomic mass is 9.83. The highest BCUT2D eigenvalue weighted by Crippen LogP contribution is 2.31. The molecule has 0 radical (unpaired) electrons. The van der Waals surface area contributed by atoms with Crippen LogP contribution in [0.1, 0.15) is 37.8 Å². The molecule has 1 amide bonds. The Hall–Kier alpha value is -2.68. The molecule has 0 fully saturated rings. The van der Waals surface area contributed by atoms with Crippen molar-refractivity contribution >= 4 is 5.91 Å². The van der Waals surface area contributed by atoms with E-state index in [1.54, 1.807) is 26.4 Å². The smallest absolute Gasteiger partial charge is 0.224 e. The molecule has 0 unspecified atom stereocenters. The number of hydrogen-bond donors (Lipinski definition) is 3. The molecule has 3 atom stereocenters. The summed E-state index contributed by atoms with van der Waals surface area (Å²) in [7, 11) is 3.28. The van der Waals surface area contributed by atoms with E-state index in [2.05, 4.69) is 19.2 Å². The van der Waals surface area contributed by atoms with Crippen LogP contribution in [-0.2, 0) is 22.4 Å². The summed E-state index contributed by atoms with van der Waals surface area (Å²) in [5.41, 5.74) is 8.01. The third-order valence-corrected chi connectivity index (χ3v) is 6.25. The molecule has 2 rings (SSSR count). The molecule has 0 aliphatic rings. The van der Waals surface area contributed by atoms with Crippen LogP contribution in [0.3, 0.4) is 0 Å². The first-order chi connectivity index (χ1) is 17.2. The van der Waals surface area contributed by atoms with E-state index in [0.717, 1.165) is 18.4 Å². The molecule has 0 heterocycles. The highest BCUT2D eigenvalue weighted by Gasteiger charge is 2.23. The molecule has 0 spiro atoms. The summed E-state index contributed by atoms with van der Waals surface area (Å²) in [4.78, 5) is 12.2. The third-order valence-electron chi connectivity index (χ3n) is 6.25. The fourth-order valence-corrected chi connectivity index (χ4v) is 4.01. The first-order valence-electron chi connectivity index (χ1n) is 12.5. The molecule has 4 N–H and O–H groups in total. The highest BCUT2D eigenvalue weighted by molar-refractivity contribution is 5.78. The lowest BCUT2D eigenvalue weighted by molar-refractivity contribution is -0.121. The molecular formula is C28H41FN2O5. The quantitative estimate of drug-likeness (QED) is 0.303. The van der Waals surface area contributed by atoms with Crippen LogP contribution in [-0.4, -0.2) is 57.1 Å². The number of carbonyl (C=O) groups excluding carboxylic acids is 1. The number of hydrogen-bond acceptors (Lipinski definition) is 6. The Kier molecular flexibility index (Phi) is 12.7. The molecule has 2 aromatic carbocycles. The van der Waals surface area contributed by atoms with Crippen LogP contribution in [0.4, 0.5) is 4.39 Å². The van der Waals surface area contributed by atoms with E-state index in [1.807, 2.05) is 18.2 Å². The molecular weight excluding hydrogens is 463 g/mol. The molecule has 8 heteroatoms. The molecule has 0 saturated carbocycles. The summed E-state index contributed by atoms with van der Waals surface area (Å²) >= 11 is 0. The number of halogens is 1. The summed E-state index contributed by atoms with van der Waals surface area (Å²) in [6, 6.07) is 11.3. The van der Waals surface area contributed by atoms with Crippen molar-refractivity contribution in [3.8, 4) is 11.5 Å². The van der Waals surface area contributed by atoms with Crippen molar-refractivity contribution in [2.45, 2.75) is 51.7 Å². The van der Waals surface area contributed by atoms with Gasteiger partial charge >= 0.3 is 0 Å². The third kappa shape index (κ3) is 10.1. The number of amides is 1. The first kappa shape index (κ1) is 29.5. The summed E-state index contributed by atoms with van der Waals surface area (Å²) < 4.78 is 29.7. The van der Waals surface area contributed by atoms with Crippen LogP contribution in [0, 0.1) is 17.7 Å². The van der Waals surface area contributed by atoms with Gasteiger partial charge in [-0.15, -0.1) is 0 Å². The van der Waals surface area contributed by atoms with Crippen LogP contribution in [0.5, 0.6) is 11.5 Å². The van der Waals surface area contributed by atoms with Gasteiger partial charge in [0.25, 0.3) is 0 Å². The Morgan fingerprint density at radius 3 is 2.53 bits per heavy atom. The predicted octanol–water partition coefficient (Wildman–Crippen LogP) is 3.50. The number of benzene rings is 2. The van der Waals surface area contributed by atoms with Gasteiger partial charge in [0.15, 0.2) is 11.5 Å². The van der Waals surface area contributed by atoms with E-state index in [9.17, 15) is 14.3 Å². The number of aliphatic hydroxyl groups excluding tert-OH is 1. The Labute approximate surface area is 214 Å². The summed E-state index contributed by atoms with van der Waals surface area (Å²) in [5, 5.41) is 13.3. The standard InChI is InChI=1S/C28H41FN2O5/c1-19(2)22(13-21-9-10-26(35-4)27(15-21)36-12-6-11-34-3)17-24(30)25(32)18-31-28(33)16-20-7-5-8-23(29)14-20/h5,7-10,14-15,19,22,24-25,32H,6,11-13,16-18,30H2,1-4H3,(H,31,33)/t22-,24-,25-/m0/s1. The van der Waals surface area contributed by atoms with Gasteiger partial charge < -0.3 is 30.4 Å². The van der Waals surface area contributed by atoms with Gasteiger partial charge in [-0.3, -0.25) is 4.79 Å². The van der Waals surface area contributed by atoms with Crippen molar-refractivity contribution in [2.75, 3.05) is 34.0 Å². The van der Waals surface area contributed by atoms with E-state index < -0.39 is 12.1 Å². The monoisotopic (exact) mass is 504 g/mol. The number of aliphatic hydroxyl groups is 1. The zero-order valence-corrected chi connectivity index (χ0v) is 21.8. The molecule has 0 bridgehead atoms. The summed E-state index contributed by atoms with van der Waals surface area (Å²) in [5.74, 6) is 1.25. The van der Waals surface area contributed by atoms with Gasteiger partial charge in [0, 0.05) is 32.7 Å². The lowest BCUT2D eigenvalue weighted by Crippen LogP contribution is -2.45. The van der Waals surface area contributed by atoms with Gasteiger partial charge in [-0.25, -0.2) is 4.39 Å². The second kappa shape index (κ2) is 15.4. The number of ether oxygens (including phenoxy) is 3. The Bertz CT molecular complexity index is 940. The zero-order valence-electron chi connectivity index (χ0n) is 21.8. The van der Waals surface area contributed by atoms with Gasteiger partial charge in [0.1, 0.15) is 5.82 Å². The minimum atomic E-state index is -0.891. The van der Waals surface area contributed by atoms with Crippen molar-refractivity contribution in [3.63, 3.8) is 0 Å². The van der Waals surface area contributed by atoms with Crippen LogP contribution in [0.25, 0.3) is 0 Å². The Morgan fingerprint density at radius 1 is 1.08 bits per heavy atom. The largest absolute Gasteiger partial charge is 0.493 e. The Morgan fingerprint density at radius 2 is 1.86 bits per heavy atom. The van der Waals surface area contributed by atoms with Gasteiger partial charge in [-0.05, 0) is 60.1 Å². The summed E-state index contributed by atoms with van der Waals surface area (Å²) in [6.45, 7) is 5.47. The van der Waals surface area contributed by atoms with Gasteiger partial charge in [0.2, 0.25) is 5.91 Å². The van der Waals surface area contributed by atoms with Crippen molar-refractivity contribution in [3.05, 3.63) is 59.4 Å². The van der Waals surface area contributed by atoms with Crippen LogP contribution in [0.2, 0.25) is 0 Å². The van der Waals surface area contributed by atoms with Gasteiger partial charge in [-0.1, -0.05) is 32.0 Å². The predicted molar refractivity (Wildman–Crippen MR) is 139 cm³/mol. The molecule has 0 aliphatic heterocycles. The fourth-order valence-electron chi connectivity index (χ4n) is 4.01. The van der Waals surface area contributed by atoms with E-state index in [1.165, 1.54) is 12.1 Å². The second-order valence-electron chi connectivity index (χ2n) is 9.47. The maximum atomic E-state index is 13.3. The lowest BCUT2D eigenvalue weighted by Gasteiger charge is -2.27. The summed E-state index contributed by atoms with van der Waals surface area (Å²) in [6.07, 6.45) is 1.29. The molecule has 36 heavy (non-hydrogen) atoms. The molecule has 2 aromatic rings. The number of carbonyl (C=O) groups is 1. The van der Waals surface area contributed by atoms with Gasteiger partial charge in [-0.2, -0.15) is 0 Å². The van der Waals surface area contributed by atoms with Gasteiger partial charge in [0.05, 0.1) is 26.2 Å². The van der Waals surface area contributed by atoms with E-state index >= 15 is 0 Å². The van der Waals surface area contributed by atoms with Crippen LogP contribution >= 0.6 is 0 Å². The number of rotatable bonds is 16. The topological polar surface area (TPSA) is 103 Å². The second-order valence-corrected chi connectivity index (χ2v) is 9.47. The van der Waals surface area contributed by atoms with Crippen molar-refractivity contribution in [2.24, 2.45) is 17.6 Å². The average Bonchev–Trinajstić information content (AvgIpc) is 2.84. The fraction of sp³-hybridized carbons (Fsp3) is 0.536. The number of methoxy groups -OCH3 is 2. The Balaban J connectivity index is 1.91. The minimum Gasteiger partial charge on any atom is -0.493 e. The van der Waals surface area contributed by atoms with E-state index in [-0.39, 0.29) is 30.6 Å². The molecule has 200 valence electrons. The highest BCUT2D eigenvalue weighted by atomic mass is 19.1. The van der Waals surface area contributed by atoms with Crippen molar-refractivity contribution < 1.29 is 28.5 Å². The minimum absolute atomic E-state index is 0.0433. The maximum Gasteiger partial charge on any atom is 0.224 e. The maximum absolute atomic E-state index is 13.3. The number of nitrogens with two attached hydrogens (primary N) is 1. The SMILES string of the molecule is COCCCOc1cc(C[C@@H](C[C@H](N)[C@@H](O)CNC(=O)Cc2cccc(F)c2)C(C)C)ccc1OC. The molecule has 0 aliphatic carbocycles. The molecule has 0 saturated heterocycles. The first-order valence-corrected chi connectivity index (χ1v) is 12.5. The van der Waals surface area contributed by atoms with Crippen molar-refractivity contribution in [1.29, 1.82) is 0 Å². The van der Waals surface area contributed by atoms with Crippen LogP contribution in [0.15, 0.2) is 42.5 Å². The van der Waals surface area contributed by atoms with E-state index in [0.29, 0.717) is 42.6 Å². The molecule has 0 aromatic heterocycles. The zero-order chi connectivity index (χ0) is 26.5. The van der Waals surface area contributed by atoms with E-state index in [4.69, 9.17) is 19.9 Å². The average molecular weight is 505 g/mol. The normalized spacial score (nSPS) is 13.8. The number of nitrogens with one attached hydrogen (secondary N) is 1.